The molecule has 0 aromatic heterocycles. The third-order valence-corrected chi connectivity index (χ3v) is 9.60. The van der Waals surface area contributed by atoms with Crippen LogP contribution in [0.3, 0.4) is 0 Å². The number of nitrogens with zero attached hydrogens (tertiary/aromatic N) is 1. The zero-order valence-electron chi connectivity index (χ0n) is 26.1. The van der Waals surface area contributed by atoms with Gasteiger partial charge in [0.05, 0.1) is 24.3 Å². The van der Waals surface area contributed by atoms with E-state index >= 15 is 0 Å². The molecule has 0 saturated heterocycles. The molecule has 2 saturated carbocycles. The number of methoxy groups -OCH3 is 1. The molecule has 4 aliphatic rings. The van der Waals surface area contributed by atoms with Gasteiger partial charge in [-0.15, -0.1) is 0 Å². The van der Waals surface area contributed by atoms with E-state index in [0.717, 1.165) is 0 Å². The Bertz CT molecular complexity index is 1850. The number of phenolic OH excluding ortho intramolecular Hbond substituents is 1. The zero-order valence-corrected chi connectivity index (χ0v) is 26.1. The predicted octanol–water partition coefficient (Wildman–Crippen LogP) is 0.367. The molecule has 0 spiro atoms. The molecule has 1 heterocycles. The van der Waals surface area contributed by atoms with Crippen molar-refractivity contribution in [2.75, 3.05) is 33.1 Å². The lowest BCUT2D eigenvalue weighted by molar-refractivity contribution is -0.233. The van der Waals surface area contributed by atoms with E-state index in [2.05, 4.69) is 5.32 Å². The van der Waals surface area contributed by atoms with Crippen LogP contribution in [-0.4, -0.2) is 100 Å². The molecule has 2 aromatic rings. The number of esters is 1. The summed E-state index contributed by atoms with van der Waals surface area (Å²) in [5, 5.41) is 48.1. The molecule has 15 nitrogen and oxygen atoms in total. The minimum Gasteiger partial charge on any atom is -0.507 e. The largest absolute Gasteiger partial charge is 0.507 e. The number of aliphatic hydroxyl groups is 3. The average Bonchev–Trinajstić information content (AvgIpc) is 3.57. The lowest BCUT2D eigenvalue weighted by Crippen LogP contribution is -2.73. The fourth-order valence-electron chi connectivity index (χ4n) is 7.53. The number of primary amides is 1. The maximum Gasteiger partial charge on any atom is 0.337 e. The Morgan fingerprint density at radius 3 is 2.48 bits per heavy atom. The van der Waals surface area contributed by atoms with Gasteiger partial charge in [0.25, 0.3) is 5.91 Å². The molecule has 2 unspecified atom stereocenters. The summed E-state index contributed by atoms with van der Waals surface area (Å²) in [6.07, 6.45) is -0.259. The van der Waals surface area contributed by atoms with Gasteiger partial charge in [0, 0.05) is 23.2 Å². The standard InChI is InChI=1S/C33H33N3O12/c1-36(2)25-19-12-14-11-18-17(13-8-15(32(44)46-3)10-16(9-13)35-31(43)21-6-7-47-48-21)4-5-20(37)23(18)26(38)22(14)28(40)33(19,45)29(41)24(27(25)39)30(34)42/h4-6,8-10,14,19,24-25,27,37-39,45H,7,11-12H2,1-3H3,(H2,34,42)(H,35,43)/t14-,19-,24?,25-,27?,33-/m1/s1. The first kappa shape index (κ1) is 32.8. The Hall–Kier alpha value is -5.09. The molecule has 15 heteroatoms. The summed E-state index contributed by atoms with van der Waals surface area (Å²) in [7, 11) is 4.32. The summed E-state index contributed by atoms with van der Waals surface area (Å²) in [5.41, 5.74) is 3.61. The highest BCUT2D eigenvalue weighted by molar-refractivity contribution is 6.25. The second-order valence-electron chi connectivity index (χ2n) is 12.5. The number of aliphatic hydroxyl groups excluding tert-OH is 2. The molecule has 252 valence electrons. The predicted molar refractivity (Wildman–Crippen MR) is 165 cm³/mol. The van der Waals surface area contributed by atoms with Gasteiger partial charge in [0.1, 0.15) is 24.0 Å². The van der Waals surface area contributed by atoms with Crippen molar-refractivity contribution in [3.05, 3.63) is 64.4 Å². The maximum absolute atomic E-state index is 14.1. The summed E-state index contributed by atoms with van der Waals surface area (Å²) in [6.45, 7) is 0.0743. The van der Waals surface area contributed by atoms with Crippen molar-refractivity contribution >= 4 is 40.8 Å². The van der Waals surface area contributed by atoms with Crippen molar-refractivity contribution in [2.24, 2.45) is 23.5 Å². The molecule has 2 fully saturated rings. The summed E-state index contributed by atoms with van der Waals surface area (Å²) in [4.78, 5) is 76.4. The van der Waals surface area contributed by atoms with Gasteiger partial charge in [0.2, 0.25) is 17.4 Å². The third kappa shape index (κ3) is 4.93. The van der Waals surface area contributed by atoms with Gasteiger partial charge in [-0.25, -0.2) is 4.79 Å². The number of aromatic hydroxyl groups is 1. The molecular weight excluding hydrogens is 630 g/mol. The number of fused-ring (bicyclic) bond motifs is 3. The molecule has 7 N–H and O–H groups in total. The molecule has 6 rings (SSSR count). The fraction of sp³-hybridized carbons (Fsp3) is 0.364. The number of nitrogens with one attached hydrogen (secondary N) is 1. The van der Waals surface area contributed by atoms with E-state index in [1.54, 1.807) is 26.2 Å². The second kappa shape index (κ2) is 11.9. The van der Waals surface area contributed by atoms with Gasteiger partial charge in [-0.2, -0.15) is 4.89 Å². The molecule has 0 radical (unpaired) electrons. The van der Waals surface area contributed by atoms with E-state index in [1.165, 1.54) is 36.3 Å². The summed E-state index contributed by atoms with van der Waals surface area (Å²) < 4.78 is 4.91. The van der Waals surface area contributed by atoms with Crippen LogP contribution in [0.4, 0.5) is 5.69 Å². The number of nitrogens with two attached hydrogens (primary N) is 1. The maximum atomic E-state index is 14.1. The number of likely N-dealkylation sites (N-methyl/N-ethyl adjacent to an activating group) is 1. The van der Waals surface area contributed by atoms with Crippen LogP contribution in [0, 0.1) is 17.8 Å². The highest BCUT2D eigenvalue weighted by Crippen LogP contribution is 2.53. The number of hydrogen-bond acceptors (Lipinski definition) is 13. The van der Waals surface area contributed by atoms with Crippen molar-refractivity contribution in [1.29, 1.82) is 0 Å². The molecular formula is C33H33N3O12. The normalized spacial score (nSPS) is 27.8. The van der Waals surface area contributed by atoms with Crippen molar-refractivity contribution in [2.45, 2.75) is 30.6 Å². The number of ether oxygens (including phenoxy) is 1. The first-order chi connectivity index (χ1) is 22.7. The zero-order chi connectivity index (χ0) is 34.8. The van der Waals surface area contributed by atoms with Crippen molar-refractivity contribution in [1.82, 2.24) is 4.90 Å². The summed E-state index contributed by atoms with van der Waals surface area (Å²) in [6, 6.07) is 6.19. The SMILES string of the molecule is COC(=O)c1cc(NC(=O)C2=CCOO2)cc(-c2ccc(O)c3c2C[C@@H]2C[C@@H]4[C@@H](N(C)C)C(O)C(C(N)=O)C(=O)[C@]4(O)C(=O)C2=C3O)c1. The number of amides is 2. The Kier molecular flexibility index (Phi) is 8.11. The van der Waals surface area contributed by atoms with E-state index in [-0.39, 0.29) is 47.6 Å². The molecule has 0 bridgehead atoms. The number of anilines is 1. The lowest BCUT2D eigenvalue weighted by Gasteiger charge is -2.53. The van der Waals surface area contributed by atoms with Crippen molar-refractivity contribution in [3.8, 4) is 16.9 Å². The number of benzene rings is 2. The van der Waals surface area contributed by atoms with Crippen LogP contribution in [-0.2, 0) is 40.1 Å². The third-order valence-electron chi connectivity index (χ3n) is 9.60. The number of hydrogen-bond donors (Lipinski definition) is 6. The molecule has 2 aromatic carbocycles. The summed E-state index contributed by atoms with van der Waals surface area (Å²) in [5.74, 6) is -10.0. The quantitative estimate of drug-likeness (QED) is 0.139. The van der Waals surface area contributed by atoms with Crippen molar-refractivity contribution in [3.63, 3.8) is 0 Å². The minimum atomic E-state index is -2.79. The summed E-state index contributed by atoms with van der Waals surface area (Å²) >= 11 is 0. The Labute approximate surface area is 273 Å². The van der Waals surface area contributed by atoms with E-state index in [9.17, 15) is 44.4 Å². The van der Waals surface area contributed by atoms with Gasteiger partial charge in [-0.1, -0.05) is 6.07 Å². The molecule has 3 aliphatic carbocycles. The molecule has 6 atom stereocenters. The number of carbonyl (C=O) groups excluding carboxylic acids is 5. The lowest BCUT2D eigenvalue weighted by atomic mass is 9.54. The number of ketones is 2. The van der Waals surface area contributed by atoms with E-state index in [0.29, 0.717) is 16.7 Å². The smallest absolute Gasteiger partial charge is 0.337 e. The van der Waals surface area contributed by atoms with Crippen LogP contribution in [0.2, 0.25) is 0 Å². The second-order valence-corrected chi connectivity index (χ2v) is 12.5. The first-order valence-corrected chi connectivity index (χ1v) is 15.0. The number of Topliss-reactive ketones (excluding diaryl/α,β-unsaturated/α-hetero) is 2. The van der Waals surface area contributed by atoms with Crippen molar-refractivity contribution < 1.29 is 58.9 Å². The van der Waals surface area contributed by atoms with Gasteiger partial charge in [-0.05, 0) is 79.9 Å². The molecule has 2 amide bonds. The van der Waals surface area contributed by atoms with Crippen LogP contribution in [0.25, 0.3) is 16.9 Å². The molecule has 48 heavy (non-hydrogen) atoms. The number of rotatable bonds is 6. The van der Waals surface area contributed by atoms with E-state index in [1.807, 2.05) is 0 Å². The van der Waals surface area contributed by atoms with Gasteiger partial charge in [-0.3, -0.25) is 19.2 Å². The van der Waals surface area contributed by atoms with Crippen LogP contribution < -0.4 is 11.1 Å². The van der Waals surface area contributed by atoms with Gasteiger partial charge < -0.3 is 46.0 Å². The van der Waals surface area contributed by atoms with Crippen LogP contribution in [0.15, 0.2) is 47.7 Å². The minimum absolute atomic E-state index is 0.0165. The number of phenols is 1. The molecule has 1 aliphatic heterocycles. The fourth-order valence-corrected chi connectivity index (χ4v) is 7.53. The van der Waals surface area contributed by atoms with Gasteiger partial charge in [0.15, 0.2) is 11.4 Å². The van der Waals surface area contributed by atoms with Gasteiger partial charge >= 0.3 is 5.97 Å². The van der Waals surface area contributed by atoms with E-state index < -0.39 is 76.4 Å². The Morgan fingerprint density at radius 2 is 1.85 bits per heavy atom. The van der Waals surface area contributed by atoms with Crippen LogP contribution in [0.1, 0.15) is 27.9 Å². The highest BCUT2D eigenvalue weighted by Gasteiger charge is 2.67. The topological polar surface area (TPSA) is 235 Å². The van der Waals surface area contributed by atoms with Crippen LogP contribution >= 0.6 is 0 Å². The van der Waals surface area contributed by atoms with E-state index in [4.69, 9.17) is 20.2 Å². The monoisotopic (exact) mass is 663 g/mol. The highest BCUT2D eigenvalue weighted by atomic mass is 17.2. The average molecular weight is 664 g/mol. The first-order valence-electron chi connectivity index (χ1n) is 15.0. The Morgan fingerprint density at radius 1 is 1.12 bits per heavy atom. The Balaban J connectivity index is 1.49. The van der Waals surface area contributed by atoms with Crippen LogP contribution in [0.5, 0.6) is 5.75 Å². The number of carbonyl (C=O) groups is 5.